The summed E-state index contributed by atoms with van der Waals surface area (Å²) in [7, 11) is 3.94. The predicted octanol–water partition coefficient (Wildman–Crippen LogP) is 1.68. The highest BCUT2D eigenvalue weighted by Crippen LogP contribution is 2.19. The summed E-state index contributed by atoms with van der Waals surface area (Å²) in [6.45, 7) is 6.13. The van der Waals surface area contributed by atoms with Gasteiger partial charge in [0.1, 0.15) is 11.6 Å². The first kappa shape index (κ1) is 16.8. The van der Waals surface area contributed by atoms with Crippen LogP contribution < -0.4 is 0 Å². The summed E-state index contributed by atoms with van der Waals surface area (Å²) < 4.78 is 0. The number of carbonyl (C=O) groups is 1. The predicted molar refractivity (Wildman–Crippen MR) is 87.0 cm³/mol. The van der Waals surface area contributed by atoms with Crippen LogP contribution in [0.15, 0.2) is 11.8 Å². The summed E-state index contributed by atoms with van der Waals surface area (Å²) in [6.07, 6.45) is 6.12. The van der Waals surface area contributed by atoms with Gasteiger partial charge in [0.15, 0.2) is 0 Å². The Morgan fingerprint density at radius 2 is 1.95 bits per heavy atom. The van der Waals surface area contributed by atoms with Crippen LogP contribution in [0.25, 0.3) is 0 Å². The van der Waals surface area contributed by atoms with Crippen LogP contribution in [0.5, 0.6) is 0 Å². The van der Waals surface area contributed by atoms with Gasteiger partial charge >= 0.3 is 0 Å². The SMILES string of the molecule is CC1CCCN(/C=C(/C#N)C(=O)N(C)C2CCN(C)CC2)C1. The van der Waals surface area contributed by atoms with Crippen molar-refractivity contribution >= 4 is 5.91 Å². The first-order chi connectivity index (χ1) is 10.5. The second-order valence-corrected chi connectivity index (χ2v) is 6.85. The van der Waals surface area contributed by atoms with E-state index in [0.717, 1.165) is 45.4 Å². The van der Waals surface area contributed by atoms with Crippen LogP contribution in [0, 0.1) is 17.2 Å². The monoisotopic (exact) mass is 304 g/mol. The molecule has 2 aliphatic heterocycles. The van der Waals surface area contributed by atoms with Crippen molar-refractivity contribution in [2.24, 2.45) is 5.92 Å². The van der Waals surface area contributed by atoms with E-state index >= 15 is 0 Å². The van der Waals surface area contributed by atoms with Gasteiger partial charge in [-0.1, -0.05) is 6.92 Å². The van der Waals surface area contributed by atoms with Crippen LogP contribution in [0.3, 0.4) is 0 Å². The molecule has 0 N–H and O–H groups in total. The summed E-state index contributed by atoms with van der Waals surface area (Å²) in [5, 5.41) is 9.38. The van der Waals surface area contributed by atoms with Crippen molar-refractivity contribution in [3.8, 4) is 6.07 Å². The van der Waals surface area contributed by atoms with Crippen molar-refractivity contribution in [3.05, 3.63) is 11.8 Å². The molecule has 5 heteroatoms. The molecule has 0 aliphatic carbocycles. The van der Waals surface area contributed by atoms with E-state index in [2.05, 4.69) is 29.8 Å². The van der Waals surface area contributed by atoms with Gasteiger partial charge in [0.25, 0.3) is 5.91 Å². The molecule has 0 radical (unpaired) electrons. The maximum atomic E-state index is 12.6. The van der Waals surface area contributed by atoms with E-state index in [1.807, 2.05) is 7.05 Å². The van der Waals surface area contributed by atoms with Crippen LogP contribution in [0.4, 0.5) is 0 Å². The average Bonchev–Trinajstić information content (AvgIpc) is 2.52. The molecular weight excluding hydrogens is 276 g/mol. The number of rotatable bonds is 3. The van der Waals surface area contributed by atoms with Crippen molar-refractivity contribution in [3.63, 3.8) is 0 Å². The zero-order chi connectivity index (χ0) is 16.1. The van der Waals surface area contributed by atoms with Crippen molar-refractivity contribution in [1.82, 2.24) is 14.7 Å². The molecule has 5 nitrogen and oxygen atoms in total. The van der Waals surface area contributed by atoms with E-state index in [4.69, 9.17) is 0 Å². The third-order valence-electron chi connectivity index (χ3n) is 4.91. The second kappa shape index (κ2) is 7.64. The third-order valence-corrected chi connectivity index (χ3v) is 4.91. The van der Waals surface area contributed by atoms with Gasteiger partial charge in [-0.15, -0.1) is 0 Å². The molecule has 0 spiro atoms. The van der Waals surface area contributed by atoms with Crippen molar-refractivity contribution in [1.29, 1.82) is 5.26 Å². The van der Waals surface area contributed by atoms with Crippen LogP contribution in [0.1, 0.15) is 32.6 Å². The largest absolute Gasteiger partial charge is 0.376 e. The minimum Gasteiger partial charge on any atom is -0.376 e. The molecule has 2 fully saturated rings. The Labute approximate surface area is 134 Å². The molecule has 2 rings (SSSR count). The smallest absolute Gasteiger partial charge is 0.265 e. The Balaban J connectivity index is 2.00. The highest BCUT2D eigenvalue weighted by molar-refractivity contribution is 5.97. The lowest BCUT2D eigenvalue weighted by Gasteiger charge is -2.35. The maximum absolute atomic E-state index is 12.6. The molecule has 1 unspecified atom stereocenters. The summed E-state index contributed by atoms with van der Waals surface area (Å²) >= 11 is 0. The van der Waals surface area contributed by atoms with Gasteiger partial charge in [0.2, 0.25) is 0 Å². The van der Waals surface area contributed by atoms with Crippen LogP contribution in [-0.2, 0) is 4.79 Å². The molecule has 122 valence electrons. The number of amides is 1. The number of carbonyl (C=O) groups excluding carboxylic acids is 1. The number of nitrogens with zero attached hydrogens (tertiary/aromatic N) is 4. The lowest BCUT2D eigenvalue weighted by molar-refractivity contribution is -0.128. The van der Waals surface area contributed by atoms with Gasteiger partial charge in [-0.25, -0.2) is 0 Å². The molecule has 2 heterocycles. The molecule has 0 aromatic carbocycles. The normalized spacial score (nSPS) is 24.9. The molecule has 2 aliphatic rings. The van der Waals surface area contributed by atoms with Crippen molar-refractivity contribution in [2.75, 3.05) is 40.3 Å². The molecule has 1 amide bonds. The fourth-order valence-corrected chi connectivity index (χ4v) is 3.40. The lowest BCUT2D eigenvalue weighted by atomic mass is 10.0. The Hall–Kier alpha value is -1.54. The Morgan fingerprint density at radius 3 is 2.55 bits per heavy atom. The van der Waals surface area contributed by atoms with E-state index < -0.39 is 0 Å². The van der Waals surface area contributed by atoms with Crippen LogP contribution >= 0.6 is 0 Å². The van der Waals surface area contributed by atoms with Gasteiger partial charge in [-0.2, -0.15) is 5.26 Å². The standard InChI is InChI=1S/C17H28N4O/c1-14-5-4-8-21(12-14)13-15(11-18)17(22)20(3)16-6-9-19(2)10-7-16/h13-14,16H,4-10,12H2,1-3H3/b15-13-. The second-order valence-electron chi connectivity index (χ2n) is 6.85. The van der Waals surface area contributed by atoms with E-state index in [1.54, 1.807) is 11.1 Å². The molecule has 0 bridgehead atoms. The van der Waals surface area contributed by atoms with Crippen LogP contribution in [-0.4, -0.2) is 66.9 Å². The summed E-state index contributed by atoms with van der Waals surface area (Å²) in [4.78, 5) is 18.8. The lowest BCUT2D eigenvalue weighted by Crippen LogP contribution is -2.45. The molecule has 0 saturated carbocycles. The van der Waals surface area contributed by atoms with Crippen LogP contribution in [0.2, 0.25) is 0 Å². The highest BCUT2D eigenvalue weighted by atomic mass is 16.2. The van der Waals surface area contributed by atoms with Gasteiger partial charge < -0.3 is 14.7 Å². The third kappa shape index (κ3) is 4.23. The van der Waals surface area contributed by atoms with Crippen molar-refractivity contribution < 1.29 is 4.79 Å². The Bertz CT molecular complexity index is 460. The molecular formula is C17H28N4O. The first-order valence-corrected chi connectivity index (χ1v) is 8.33. The molecule has 0 aromatic heterocycles. The number of hydrogen-bond acceptors (Lipinski definition) is 4. The molecule has 1 atom stereocenters. The van der Waals surface area contributed by atoms with Gasteiger partial charge in [-0.3, -0.25) is 4.79 Å². The minimum absolute atomic E-state index is 0.129. The fraction of sp³-hybridized carbons (Fsp3) is 0.765. The summed E-state index contributed by atoms with van der Waals surface area (Å²) in [5.41, 5.74) is 0.274. The number of likely N-dealkylation sites (N-methyl/N-ethyl adjacent to an activating group) is 1. The summed E-state index contributed by atoms with van der Waals surface area (Å²) in [5.74, 6) is 0.502. The zero-order valence-corrected chi connectivity index (χ0v) is 14.1. The fourth-order valence-electron chi connectivity index (χ4n) is 3.40. The Morgan fingerprint density at radius 1 is 1.27 bits per heavy atom. The van der Waals surface area contributed by atoms with E-state index in [1.165, 1.54) is 6.42 Å². The van der Waals surface area contributed by atoms with E-state index in [0.29, 0.717) is 5.92 Å². The number of likely N-dealkylation sites (tertiary alicyclic amines) is 2. The summed E-state index contributed by atoms with van der Waals surface area (Å²) in [6, 6.07) is 2.36. The number of hydrogen-bond donors (Lipinski definition) is 0. The maximum Gasteiger partial charge on any atom is 0.265 e. The van der Waals surface area contributed by atoms with Gasteiger partial charge in [-0.05, 0) is 51.7 Å². The first-order valence-electron chi connectivity index (χ1n) is 8.33. The molecule has 22 heavy (non-hydrogen) atoms. The van der Waals surface area contributed by atoms with Gasteiger partial charge in [0, 0.05) is 32.4 Å². The topological polar surface area (TPSA) is 50.6 Å². The van der Waals surface area contributed by atoms with Crippen molar-refractivity contribution in [2.45, 2.75) is 38.6 Å². The highest BCUT2D eigenvalue weighted by Gasteiger charge is 2.26. The van der Waals surface area contributed by atoms with E-state index in [9.17, 15) is 10.1 Å². The average molecular weight is 304 g/mol. The Kier molecular flexibility index (Phi) is 5.84. The van der Waals surface area contributed by atoms with Gasteiger partial charge in [0.05, 0.1) is 0 Å². The van der Waals surface area contributed by atoms with E-state index in [-0.39, 0.29) is 17.5 Å². The zero-order valence-electron chi connectivity index (χ0n) is 14.1. The molecule has 0 aromatic rings. The molecule has 2 saturated heterocycles. The minimum atomic E-state index is -0.129. The number of nitriles is 1. The number of piperidine rings is 2. The quantitative estimate of drug-likeness (QED) is 0.588.